The summed E-state index contributed by atoms with van der Waals surface area (Å²) in [6.07, 6.45) is 2.11. The number of hydrogen-bond donors (Lipinski definition) is 1. The van der Waals surface area contributed by atoms with Gasteiger partial charge in [0.1, 0.15) is 5.25 Å². The second-order valence-electron chi connectivity index (χ2n) is 6.74. The summed E-state index contributed by atoms with van der Waals surface area (Å²) in [5, 5.41) is 1.29. The topological polar surface area (TPSA) is 66.5 Å². The van der Waals surface area contributed by atoms with Crippen LogP contribution in [-0.2, 0) is 16.1 Å². The lowest BCUT2D eigenvalue weighted by atomic mass is 10.0. The highest BCUT2D eigenvalue weighted by Crippen LogP contribution is 2.31. The zero-order valence-corrected chi connectivity index (χ0v) is 14.8. The van der Waals surface area contributed by atoms with Gasteiger partial charge in [-0.3, -0.25) is 19.7 Å². The van der Waals surface area contributed by atoms with Crippen molar-refractivity contribution in [3.05, 3.63) is 35.4 Å². The molecule has 24 heavy (non-hydrogen) atoms. The lowest BCUT2D eigenvalue weighted by Gasteiger charge is -2.23. The molecule has 5 nitrogen and oxygen atoms in total. The molecule has 2 aliphatic rings. The van der Waals surface area contributed by atoms with E-state index >= 15 is 0 Å². The number of hydrogen-bond acceptors (Lipinski definition) is 4. The van der Waals surface area contributed by atoms with E-state index in [0.29, 0.717) is 12.5 Å². The maximum Gasteiger partial charge on any atom is 0.286 e. The molecule has 1 heterocycles. The molecular weight excluding hydrogens is 324 g/mol. The van der Waals surface area contributed by atoms with Crippen LogP contribution in [0.1, 0.15) is 50.2 Å². The predicted octanol–water partition coefficient (Wildman–Crippen LogP) is 3.04. The minimum Gasteiger partial charge on any atom is -0.335 e. The van der Waals surface area contributed by atoms with Crippen molar-refractivity contribution in [1.29, 1.82) is 0 Å². The van der Waals surface area contributed by atoms with Crippen molar-refractivity contribution < 1.29 is 14.4 Å². The van der Waals surface area contributed by atoms with Crippen molar-refractivity contribution in [3.8, 4) is 0 Å². The van der Waals surface area contributed by atoms with Crippen molar-refractivity contribution in [2.45, 2.75) is 56.9 Å². The van der Waals surface area contributed by atoms with Crippen molar-refractivity contribution in [1.82, 2.24) is 10.2 Å². The molecule has 0 spiro atoms. The minimum absolute atomic E-state index is 0.0483. The van der Waals surface area contributed by atoms with Crippen molar-refractivity contribution in [2.75, 3.05) is 0 Å². The molecule has 1 aromatic rings. The van der Waals surface area contributed by atoms with E-state index in [1.165, 1.54) is 5.56 Å². The lowest BCUT2D eigenvalue weighted by Crippen LogP contribution is -2.36. The van der Waals surface area contributed by atoms with Gasteiger partial charge in [-0.2, -0.15) is 0 Å². The molecule has 1 aromatic carbocycles. The average molecular weight is 346 g/mol. The number of rotatable bonds is 6. The molecule has 1 atom stereocenters. The number of carbonyl (C=O) groups excluding carboxylic acids is 3. The van der Waals surface area contributed by atoms with E-state index in [1.807, 2.05) is 4.90 Å². The van der Waals surface area contributed by atoms with Gasteiger partial charge >= 0.3 is 0 Å². The smallest absolute Gasteiger partial charge is 0.286 e. The van der Waals surface area contributed by atoms with Crippen LogP contribution in [0, 0.1) is 0 Å². The second-order valence-corrected chi connectivity index (χ2v) is 7.91. The molecule has 2 fully saturated rings. The molecule has 1 aliphatic carbocycles. The number of carbonyl (C=O) groups is 3. The zero-order chi connectivity index (χ0) is 17.3. The molecule has 3 rings (SSSR count). The van der Waals surface area contributed by atoms with E-state index < -0.39 is 5.25 Å². The second kappa shape index (κ2) is 6.97. The number of amides is 3. The normalized spacial score (nSPS) is 20.4. The molecule has 1 aliphatic heterocycles. The Balaban J connectivity index is 1.65. The molecular formula is C18H22N2O3S. The summed E-state index contributed by atoms with van der Waals surface area (Å²) >= 11 is 0.916. The van der Waals surface area contributed by atoms with E-state index in [9.17, 15) is 14.4 Å². The molecule has 1 N–H and O–H groups in total. The predicted molar refractivity (Wildman–Crippen MR) is 93.6 cm³/mol. The van der Waals surface area contributed by atoms with E-state index in [4.69, 9.17) is 0 Å². The third-order valence-electron chi connectivity index (χ3n) is 4.43. The maximum absolute atomic E-state index is 12.6. The molecule has 0 unspecified atom stereocenters. The van der Waals surface area contributed by atoms with E-state index in [0.717, 1.165) is 30.2 Å². The van der Waals surface area contributed by atoms with Gasteiger partial charge in [0.2, 0.25) is 11.8 Å². The molecule has 0 aromatic heterocycles. The monoisotopic (exact) mass is 346 g/mol. The first-order valence-corrected chi connectivity index (χ1v) is 9.22. The fraction of sp³-hybridized carbons (Fsp3) is 0.500. The summed E-state index contributed by atoms with van der Waals surface area (Å²) in [4.78, 5) is 37.4. The van der Waals surface area contributed by atoms with E-state index in [-0.39, 0.29) is 29.5 Å². The fourth-order valence-corrected chi connectivity index (χ4v) is 3.63. The Hall–Kier alpha value is -1.82. The van der Waals surface area contributed by atoms with Crippen LogP contribution in [0.2, 0.25) is 0 Å². The zero-order valence-electron chi connectivity index (χ0n) is 14.0. The van der Waals surface area contributed by atoms with Crippen molar-refractivity contribution in [3.63, 3.8) is 0 Å². The Morgan fingerprint density at radius 1 is 1.25 bits per heavy atom. The number of benzene rings is 1. The fourth-order valence-electron chi connectivity index (χ4n) is 2.82. The third-order valence-corrected chi connectivity index (χ3v) is 5.42. The summed E-state index contributed by atoms with van der Waals surface area (Å²) in [5.74, 6) is 0.0822. The van der Waals surface area contributed by atoms with Crippen LogP contribution in [-0.4, -0.2) is 33.2 Å². The Kier molecular flexibility index (Phi) is 4.94. The van der Waals surface area contributed by atoms with Crippen LogP contribution in [0.25, 0.3) is 0 Å². The van der Waals surface area contributed by atoms with Crippen LogP contribution < -0.4 is 5.32 Å². The molecule has 0 radical (unpaired) electrons. The van der Waals surface area contributed by atoms with Crippen LogP contribution >= 0.6 is 11.8 Å². The van der Waals surface area contributed by atoms with Crippen LogP contribution in [0.5, 0.6) is 0 Å². The molecule has 3 amide bonds. The largest absolute Gasteiger partial charge is 0.335 e. The van der Waals surface area contributed by atoms with Gasteiger partial charge in [-0.05, 0) is 29.9 Å². The van der Waals surface area contributed by atoms with Crippen LogP contribution in [0.4, 0.5) is 4.79 Å². The van der Waals surface area contributed by atoms with Crippen molar-refractivity contribution in [2.24, 2.45) is 0 Å². The number of thioether (sulfide) groups is 1. The number of imide groups is 1. The van der Waals surface area contributed by atoms with Gasteiger partial charge in [-0.1, -0.05) is 49.9 Å². The average Bonchev–Trinajstić information content (AvgIpc) is 3.31. The Labute approximate surface area is 146 Å². The summed E-state index contributed by atoms with van der Waals surface area (Å²) < 4.78 is 0. The Morgan fingerprint density at radius 2 is 1.92 bits per heavy atom. The summed E-state index contributed by atoms with van der Waals surface area (Å²) in [5.41, 5.74) is 2.37. The lowest BCUT2D eigenvalue weighted by molar-refractivity contribution is -0.134. The summed E-state index contributed by atoms with van der Waals surface area (Å²) in [6.45, 7) is 4.87. The van der Waals surface area contributed by atoms with Crippen LogP contribution in [0.15, 0.2) is 24.3 Å². The van der Waals surface area contributed by atoms with Gasteiger partial charge in [0.05, 0.1) is 0 Å². The first-order valence-electron chi connectivity index (χ1n) is 8.34. The Morgan fingerprint density at radius 3 is 2.42 bits per heavy atom. The van der Waals surface area contributed by atoms with Crippen LogP contribution in [0.3, 0.4) is 0 Å². The number of nitrogens with zero attached hydrogens (tertiary/aromatic N) is 1. The molecule has 1 saturated carbocycles. The van der Waals surface area contributed by atoms with Gasteiger partial charge in [0.15, 0.2) is 0 Å². The SMILES string of the molecule is CC(C)c1ccc(CN(C(=O)C[C@H]2SC(=O)NC2=O)C2CC2)cc1. The standard InChI is InChI=1S/C18H22N2O3S/c1-11(2)13-5-3-12(4-6-13)10-20(14-7-8-14)16(21)9-15-17(22)19-18(23)24-15/h3-6,11,14-15H,7-10H2,1-2H3,(H,19,22,23)/t15-/m1/s1. The highest BCUT2D eigenvalue weighted by molar-refractivity contribution is 8.15. The Bertz CT molecular complexity index is 653. The summed E-state index contributed by atoms with van der Waals surface area (Å²) in [6, 6.07) is 8.62. The summed E-state index contributed by atoms with van der Waals surface area (Å²) in [7, 11) is 0. The minimum atomic E-state index is -0.588. The van der Waals surface area contributed by atoms with Crippen molar-refractivity contribution >= 4 is 28.8 Å². The molecule has 128 valence electrons. The first kappa shape index (κ1) is 17.0. The third kappa shape index (κ3) is 3.98. The quantitative estimate of drug-likeness (QED) is 0.860. The highest BCUT2D eigenvalue weighted by atomic mass is 32.2. The van der Waals surface area contributed by atoms with Gasteiger partial charge in [0, 0.05) is 19.0 Å². The molecule has 0 bridgehead atoms. The molecule has 6 heteroatoms. The van der Waals surface area contributed by atoms with E-state index in [2.05, 4.69) is 43.4 Å². The highest BCUT2D eigenvalue weighted by Gasteiger charge is 2.38. The van der Waals surface area contributed by atoms with E-state index in [1.54, 1.807) is 0 Å². The van der Waals surface area contributed by atoms with Gasteiger partial charge in [-0.15, -0.1) is 0 Å². The van der Waals surface area contributed by atoms with Gasteiger partial charge in [-0.25, -0.2) is 0 Å². The molecule has 1 saturated heterocycles. The van der Waals surface area contributed by atoms with Gasteiger partial charge in [0.25, 0.3) is 5.24 Å². The van der Waals surface area contributed by atoms with Gasteiger partial charge < -0.3 is 4.90 Å². The number of nitrogens with one attached hydrogen (secondary N) is 1. The maximum atomic E-state index is 12.6. The first-order chi connectivity index (χ1) is 11.4.